The summed E-state index contributed by atoms with van der Waals surface area (Å²) in [7, 11) is 0. The zero-order valence-corrected chi connectivity index (χ0v) is 17.8. The van der Waals surface area contributed by atoms with E-state index >= 15 is 0 Å². The van der Waals surface area contributed by atoms with Crippen LogP contribution in [0.2, 0.25) is 0 Å². The van der Waals surface area contributed by atoms with Crippen molar-refractivity contribution in [2.75, 3.05) is 0 Å². The molecular formula is C23H27Zr-. The Hall–Kier alpha value is -1.07. The van der Waals surface area contributed by atoms with Crippen molar-refractivity contribution in [1.82, 2.24) is 0 Å². The molecule has 3 rings (SSSR count). The maximum atomic E-state index is 2.39. The van der Waals surface area contributed by atoms with Crippen LogP contribution in [-0.4, -0.2) is 0 Å². The second-order valence-electron chi connectivity index (χ2n) is 7.60. The molecule has 1 heteroatoms. The molecule has 0 amide bonds. The molecule has 0 aliphatic rings. The second-order valence-corrected chi connectivity index (χ2v) is 7.60. The van der Waals surface area contributed by atoms with Crippen molar-refractivity contribution in [3.05, 3.63) is 65.7 Å². The zero-order chi connectivity index (χ0) is 16.4. The first-order valence-corrected chi connectivity index (χ1v) is 8.78. The minimum atomic E-state index is 0. The zero-order valence-electron chi connectivity index (χ0n) is 15.3. The van der Waals surface area contributed by atoms with Crippen molar-refractivity contribution in [3.63, 3.8) is 0 Å². The van der Waals surface area contributed by atoms with Gasteiger partial charge in [0.05, 0.1) is 0 Å². The van der Waals surface area contributed by atoms with Gasteiger partial charge in [-0.3, -0.25) is 0 Å². The van der Waals surface area contributed by atoms with Gasteiger partial charge in [0, 0.05) is 26.2 Å². The molecule has 0 aromatic heterocycles. The molecule has 0 atom stereocenters. The Balaban J connectivity index is 0.00000208. The standard InChI is InChI=1S/C23H27.Zr/c1-5-6-8-17-15-19-9-7-10-21(22(19)16-17)18-11-13-20(14-12-18)23(2,3)4;/h7,9-16H,5-6,8H2,1-4H3;/q-1;. The summed E-state index contributed by atoms with van der Waals surface area (Å²) < 4.78 is 0. The molecule has 3 aromatic carbocycles. The van der Waals surface area contributed by atoms with Gasteiger partial charge >= 0.3 is 0 Å². The Morgan fingerprint density at radius 2 is 1.67 bits per heavy atom. The van der Waals surface area contributed by atoms with Crippen molar-refractivity contribution < 1.29 is 26.2 Å². The van der Waals surface area contributed by atoms with E-state index in [1.807, 2.05) is 0 Å². The summed E-state index contributed by atoms with van der Waals surface area (Å²) in [6.45, 7) is 9.05. The topological polar surface area (TPSA) is 0 Å². The quantitative estimate of drug-likeness (QED) is 0.424. The predicted octanol–water partition coefficient (Wildman–Crippen LogP) is 6.86. The molecule has 0 unspecified atom stereocenters. The second kappa shape index (κ2) is 7.88. The predicted molar refractivity (Wildman–Crippen MR) is 102 cm³/mol. The SMILES string of the molecule is CCCCc1cc2c(-c3ccc(C(C)(C)C)cc3)cccc2[cH-]1.[Zr]. The van der Waals surface area contributed by atoms with Crippen molar-refractivity contribution in [3.8, 4) is 11.1 Å². The fourth-order valence-corrected chi connectivity index (χ4v) is 3.22. The van der Waals surface area contributed by atoms with Gasteiger partial charge < -0.3 is 0 Å². The van der Waals surface area contributed by atoms with Crippen LogP contribution in [0.25, 0.3) is 21.9 Å². The fraction of sp³-hybridized carbons (Fsp3) is 0.348. The van der Waals surface area contributed by atoms with Gasteiger partial charge in [-0.2, -0.15) is 6.07 Å². The van der Waals surface area contributed by atoms with E-state index in [9.17, 15) is 0 Å². The van der Waals surface area contributed by atoms with E-state index in [1.54, 1.807) is 0 Å². The van der Waals surface area contributed by atoms with E-state index in [-0.39, 0.29) is 31.6 Å². The number of benzene rings is 2. The average molecular weight is 395 g/mol. The van der Waals surface area contributed by atoms with E-state index < -0.39 is 0 Å². The van der Waals surface area contributed by atoms with Gasteiger partial charge in [0.25, 0.3) is 0 Å². The minimum Gasteiger partial charge on any atom is -0.164 e. The first-order chi connectivity index (χ1) is 11.0. The summed E-state index contributed by atoms with van der Waals surface area (Å²) in [5.74, 6) is 0. The molecule has 0 nitrogen and oxygen atoms in total. The number of fused-ring (bicyclic) bond motifs is 1. The van der Waals surface area contributed by atoms with Crippen LogP contribution >= 0.6 is 0 Å². The number of rotatable bonds is 4. The van der Waals surface area contributed by atoms with E-state index in [1.165, 1.54) is 52.3 Å². The summed E-state index contributed by atoms with van der Waals surface area (Å²) in [5.41, 5.74) is 5.74. The van der Waals surface area contributed by atoms with Crippen LogP contribution in [0, 0.1) is 0 Å². The average Bonchev–Trinajstić information content (AvgIpc) is 2.95. The van der Waals surface area contributed by atoms with E-state index in [0.717, 1.165) is 0 Å². The summed E-state index contributed by atoms with van der Waals surface area (Å²) >= 11 is 0. The molecule has 0 aliphatic heterocycles. The van der Waals surface area contributed by atoms with Crippen molar-refractivity contribution >= 4 is 10.8 Å². The van der Waals surface area contributed by atoms with E-state index in [0.29, 0.717) is 0 Å². The van der Waals surface area contributed by atoms with Crippen LogP contribution in [0.1, 0.15) is 51.7 Å². The molecule has 0 saturated carbocycles. The Morgan fingerprint density at radius 1 is 0.958 bits per heavy atom. The first kappa shape index (κ1) is 19.3. The van der Waals surface area contributed by atoms with Gasteiger partial charge in [0.2, 0.25) is 0 Å². The van der Waals surface area contributed by atoms with Crippen molar-refractivity contribution in [1.29, 1.82) is 0 Å². The van der Waals surface area contributed by atoms with Gasteiger partial charge in [-0.25, -0.2) is 0 Å². The van der Waals surface area contributed by atoms with Gasteiger partial charge in [-0.05, 0) is 23.0 Å². The number of hydrogen-bond donors (Lipinski definition) is 0. The van der Waals surface area contributed by atoms with Crippen molar-refractivity contribution in [2.45, 2.75) is 52.4 Å². The number of unbranched alkanes of at least 4 members (excludes halogenated alkanes) is 1. The molecule has 0 fully saturated rings. The normalized spacial score (nSPS) is 11.5. The third kappa shape index (κ3) is 4.12. The smallest absolute Gasteiger partial charge is 0 e. The van der Waals surface area contributed by atoms with Crippen LogP contribution in [-0.2, 0) is 38.0 Å². The molecule has 124 valence electrons. The fourth-order valence-electron chi connectivity index (χ4n) is 3.22. The van der Waals surface area contributed by atoms with Gasteiger partial charge in [-0.15, -0.1) is 34.5 Å². The molecule has 3 aromatic rings. The van der Waals surface area contributed by atoms with Crippen LogP contribution in [0.15, 0.2) is 54.6 Å². The van der Waals surface area contributed by atoms with Crippen molar-refractivity contribution in [2.24, 2.45) is 0 Å². The molecule has 24 heavy (non-hydrogen) atoms. The molecule has 0 spiro atoms. The van der Waals surface area contributed by atoms with Crippen LogP contribution < -0.4 is 0 Å². The minimum absolute atomic E-state index is 0. The number of hydrogen-bond acceptors (Lipinski definition) is 0. The van der Waals surface area contributed by atoms with Crippen LogP contribution in [0.4, 0.5) is 0 Å². The monoisotopic (exact) mass is 393 g/mol. The summed E-state index contributed by atoms with van der Waals surface area (Å²) in [5, 5.41) is 2.76. The largest absolute Gasteiger partial charge is 0.164 e. The molecule has 0 radical (unpaired) electrons. The molecule has 0 heterocycles. The third-order valence-electron chi connectivity index (χ3n) is 4.69. The summed E-state index contributed by atoms with van der Waals surface area (Å²) in [6.07, 6.45) is 3.71. The molecule has 0 saturated heterocycles. The first-order valence-electron chi connectivity index (χ1n) is 8.78. The third-order valence-corrected chi connectivity index (χ3v) is 4.69. The molecule has 0 aliphatic carbocycles. The Bertz CT molecular complexity index is 785. The summed E-state index contributed by atoms with van der Waals surface area (Å²) in [6, 6.07) is 20.5. The number of aryl methyl sites for hydroxylation is 1. The van der Waals surface area contributed by atoms with Crippen LogP contribution in [0.3, 0.4) is 0 Å². The maximum absolute atomic E-state index is 2.39. The van der Waals surface area contributed by atoms with Crippen LogP contribution in [0.5, 0.6) is 0 Å². The maximum Gasteiger partial charge on any atom is 0 e. The Morgan fingerprint density at radius 3 is 2.29 bits per heavy atom. The van der Waals surface area contributed by atoms with E-state index in [4.69, 9.17) is 0 Å². The van der Waals surface area contributed by atoms with E-state index in [2.05, 4.69) is 82.3 Å². The molecule has 0 N–H and O–H groups in total. The van der Waals surface area contributed by atoms with Gasteiger partial charge in [0.1, 0.15) is 0 Å². The summed E-state index contributed by atoms with van der Waals surface area (Å²) in [4.78, 5) is 0. The molecular weight excluding hydrogens is 367 g/mol. The van der Waals surface area contributed by atoms with Gasteiger partial charge in [-0.1, -0.05) is 76.4 Å². The molecule has 0 bridgehead atoms. The van der Waals surface area contributed by atoms with Gasteiger partial charge in [0.15, 0.2) is 0 Å². The Kier molecular flexibility index (Phi) is 6.32. The Labute approximate surface area is 165 Å².